The summed E-state index contributed by atoms with van der Waals surface area (Å²) in [5.41, 5.74) is 5.74. The van der Waals surface area contributed by atoms with Gasteiger partial charge in [0.25, 0.3) is 0 Å². The lowest BCUT2D eigenvalue weighted by atomic mass is 9.84. The topological polar surface area (TPSA) is 58.4 Å². The van der Waals surface area contributed by atoms with Crippen molar-refractivity contribution in [1.29, 1.82) is 0 Å². The number of rotatable bonds is 11. The van der Waals surface area contributed by atoms with E-state index >= 15 is 0 Å². The van der Waals surface area contributed by atoms with Gasteiger partial charge in [0.05, 0.1) is 0 Å². The Morgan fingerprint density at radius 2 is 1.89 bits per heavy atom. The molecule has 0 saturated heterocycles. The van der Waals surface area contributed by atoms with Crippen molar-refractivity contribution in [2.24, 2.45) is 11.1 Å². The van der Waals surface area contributed by atoms with Gasteiger partial charge in [0.15, 0.2) is 0 Å². The first-order chi connectivity index (χ1) is 8.95. The molecule has 0 aromatic carbocycles. The molecule has 3 N–H and O–H groups in total. The highest BCUT2D eigenvalue weighted by Crippen LogP contribution is 2.25. The lowest BCUT2D eigenvalue weighted by Crippen LogP contribution is -2.35. The molecule has 1 amide bonds. The van der Waals surface area contributed by atoms with E-state index in [2.05, 4.69) is 37.9 Å². The molecular formula is C15H33N3O. The van der Waals surface area contributed by atoms with Crippen LogP contribution in [0.25, 0.3) is 0 Å². The zero-order valence-corrected chi connectivity index (χ0v) is 13.3. The second-order valence-corrected chi connectivity index (χ2v) is 5.99. The molecular weight excluding hydrogens is 238 g/mol. The van der Waals surface area contributed by atoms with E-state index in [4.69, 9.17) is 5.73 Å². The third kappa shape index (κ3) is 9.91. The minimum Gasteiger partial charge on any atom is -0.355 e. The standard InChI is InChI=1S/C15H33N3O/c1-5-12-18(6-2)13-11-17-14(19)7-8-15(3,4)9-10-16/h5-13,16H2,1-4H3,(H,17,19). The van der Waals surface area contributed by atoms with Crippen molar-refractivity contribution in [2.75, 3.05) is 32.7 Å². The van der Waals surface area contributed by atoms with Crippen molar-refractivity contribution < 1.29 is 4.79 Å². The molecule has 0 spiro atoms. The smallest absolute Gasteiger partial charge is 0.220 e. The molecule has 0 heterocycles. The van der Waals surface area contributed by atoms with Crippen LogP contribution in [0.4, 0.5) is 0 Å². The molecule has 0 atom stereocenters. The Kier molecular flexibility index (Phi) is 9.88. The Balaban J connectivity index is 3.75. The van der Waals surface area contributed by atoms with Gasteiger partial charge in [0.2, 0.25) is 5.91 Å². The maximum Gasteiger partial charge on any atom is 0.220 e. The van der Waals surface area contributed by atoms with E-state index in [1.807, 2.05) is 0 Å². The molecule has 0 aliphatic heterocycles. The van der Waals surface area contributed by atoms with Gasteiger partial charge in [0, 0.05) is 19.5 Å². The number of nitrogens with one attached hydrogen (secondary N) is 1. The molecule has 0 aromatic rings. The van der Waals surface area contributed by atoms with Gasteiger partial charge < -0.3 is 16.0 Å². The highest BCUT2D eigenvalue weighted by atomic mass is 16.1. The van der Waals surface area contributed by atoms with E-state index < -0.39 is 0 Å². The van der Waals surface area contributed by atoms with Crippen molar-refractivity contribution in [1.82, 2.24) is 10.2 Å². The SMILES string of the molecule is CCCN(CC)CCNC(=O)CCC(C)(C)CCN. The second-order valence-electron chi connectivity index (χ2n) is 5.99. The van der Waals surface area contributed by atoms with E-state index in [9.17, 15) is 4.79 Å². The van der Waals surface area contributed by atoms with Gasteiger partial charge in [-0.25, -0.2) is 0 Å². The lowest BCUT2D eigenvalue weighted by Gasteiger charge is -2.23. The van der Waals surface area contributed by atoms with Crippen LogP contribution in [-0.2, 0) is 4.79 Å². The number of likely N-dealkylation sites (N-methyl/N-ethyl adjacent to an activating group) is 1. The number of nitrogens with zero attached hydrogens (tertiary/aromatic N) is 1. The molecule has 0 aromatic heterocycles. The molecule has 4 heteroatoms. The molecule has 114 valence electrons. The molecule has 19 heavy (non-hydrogen) atoms. The maximum atomic E-state index is 11.8. The van der Waals surface area contributed by atoms with Gasteiger partial charge in [-0.2, -0.15) is 0 Å². The Bertz CT molecular complexity index is 242. The quantitative estimate of drug-likeness (QED) is 0.604. The molecule has 0 rings (SSSR count). The normalized spacial score (nSPS) is 11.9. The molecule has 4 nitrogen and oxygen atoms in total. The molecule has 0 fully saturated rings. The van der Waals surface area contributed by atoms with Crippen molar-refractivity contribution in [3.05, 3.63) is 0 Å². The van der Waals surface area contributed by atoms with Crippen LogP contribution in [0.2, 0.25) is 0 Å². The monoisotopic (exact) mass is 271 g/mol. The number of amides is 1. The van der Waals surface area contributed by atoms with Gasteiger partial charge in [-0.05, 0) is 44.3 Å². The minimum absolute atomic E-state index is 0.164. The fourth-order valence-electron chi connectivity index (χ4n) is 2.15. The van der Waals surface area contributed by atoms with E-state index in [0.717, 1.165) is 45.4 Å². The van der Waals surface area contributed by atoms with Gasteiger partial charge in [-0.3, -0.25) is 4.79 Å². The van der Waals surface area contributed by atoms with Crippen LogP contribution in [-0.4, -0.2) is 43.5 Å². The Hall–Kier alpha value is -0.610. The lowest BCUT2D eigenvalue weighted by molar-refractivity contribution is -0.121. The Morgan fingerprint density at radius 1 is 1.21 bits per heavy atom. The third-order valence-corrected chi connectivity index (χ3v) is 3.59. The van der Waals surface area contributed by atoms with Crippen LogP contribution in [0.15, 0.2) is 0 Å². The summed E-state index contributed by atoms with van der Waals surface area (Å²) in [5.74, 6) is 0.164. The van der Waals surface area contributed by atoms with Crippen LogP contribution in [0.1, 0.15) is 53.4 Å². The van der Waals surface area contributed by atoms with Gasteiger partial charge in [-0.15, -0.1) is 0 Å². The predicted octanol–water partition coefficient (Wildman–Crippen LogP) is 1.99. The van der Waals surface area contributed by atoms with Crippen molar-refractivity contribution in [2.45, 2.75) is 53.4 Å². The Morgan fingerprint density at radius 3 is 2.42 bits per heavy atom. The summed E-state index contributed by atoms with van der Waals surface area (Å²) < 4.78 is 0. The summed E-state index contributed by atoms with van der Waals surface area (Å²) >= 11 is 0. The zero-order chi connectivity index (χ0) is 14.7. The summed E-state index contributed by atoms with van der Waals surface area (Å²) in [6, 6.07) is 0. The zero-order valence-electron chi connectivity index (χ0n) is 13.3. The van der Waals surface area contributed by atoms with Crippen LogP contribution in [0.3, 0.4) is 0 Å². The van der Waals surface area contributed by atoms with Gasteiger partial charge in [-0.1, -0.05) is 27.7 Å². The van der Waals surface area contributed by atoms with E-state index in [0.29, 0.717) is 13.0 Å². The number of hydrogen-bond donors (Lipinski definition) is 2. The van der Waals surface area contributed by atoms with E-state index in [-0.39, 0.29) is 11.3 Å². The van der Waals surface area contributed by atoms with Crippen LogP contribution < -0.4 is 11.1 Å². The number of nitrogens with two attached hydrogens (primary N) is 1. The minimum atomic E-state index is 0.164. The molecule has 0 aliphatic rings. The second kappa shape index (κ2) is 10.2. The maximum absolute atomic E-state index is 11.8. The van der Waals surface area contributed by atoms with E-state index in [1.54, 1.807) is 0 Å². The van der Waals surface area contributed by atoms with Crippen molar-refractivity contribution in [3.63, 3.8) is 0 Å². The first-order valence-corrected chi connectivity index (χ1v) is 7.64. The van der Waals surface area contributed by atoms with Crippen LogP contribution >= 0.6 is 0 Å². The fraction of sp³-hybridized carbons (Fsp3) is 0.933. The number of hydrogen-bond acceptors (Lipinski definition) is 3. The Labute approximate surface area is 119 Å². The summed E-state index contributed by atoms with van der Waals surface area (Å²) in [7, 11) is 0. The summed E-state index contributed by atoms with van der Waals surface area (Å²) in [4.78, 5) is 14.1. The van der Waals surface area contributed by atoms with Crippen molar-refractivity contribution in [3.8, 4) is 0 Å². The largest absolute Gasteiger partial charge is 0.355 e. The first-order valence-electron chi connectivity index (χ1n) is 7.64. The summed E-state index contributed by atoms with van der Waals surface area (Å²) in [6.45, 7) is 13.2. The fourth-order valence-corrected chi connectivity index (χ4v) is 2.15. The average Bonchev–Trinajstić information content (AvgIpc) is 2.35. The molecule has 0 bridgehead atoms. The van der Waals surface area contributed by atoms with Crippen molar-refractivity contribution >= 4 is 5.91 Å². The number of carbonyl (C=O) groups excluding carboxylic acids is 1. The van der Waals surface area contributed by atoms with Gasteiger partial charge >= 0.3 is 0 Å². The summed E-state index contributed by atoms with van der Waals surface area (Å²) in [5, 5.41) is 3.01. The molecule has 0 aliphatic carbocycles. The summed E-state index contributed by atoms with van der Waals surface area (Å²) in [6.07, 6.45) is 3.64. The predicted molar refractivity (Wildman–Crippen MR) is 82.1 cm³/mol. The van der Waals surface area contributed by atoms with Crippen LogP contribution in [0, 0.1) is 5.41 Å². The van der Waals surface area contributed by atoms with E-state index in [1.165, 1.54) is 0 Å². The van der Waals surface area contributed by atoms with Gasteiger partial charge in [0.1, 0.15) is 0 Å². The number of carbonyl (C=O) groups is 1. The highest BCUT2D eigenvalue weighted by molar-refractivity contribution is 5.75. The highest BCUT2D eigenvalue weighted by Gasteiger charge is 2.18. The third-order valence-electron chi connectivity index (χ3n) is 3.59. The van der Waals surface area contributed by atoms with Crippen LogP contribution in [0.5, 0.6) is 0 Å². The molecule has 0 saturated carbocycles. The molecule has 0 radical (unpaired) electrons. The molecule has 0 unspecified atom stereocenters. The first kappa shape index (κ1) is 18.4. The average molecular weight is 271 g/mol.